The number of rotatable bonds is 6. The number of nitrogens with zero attached hydrogens (tertiary/aromatic N) is 1. The summed E-state index contributed by atoms with van der Waals surface area (Å²) < 4.78 is 24.2. The lowest BCUT2D eigenvalue weighted by atomic mass is 10.1. The molecule has 1 fully saturated rings. The molecule has 1 aliphatic heterocycles. The Balaban J connectivity index is 2.14. The van der Waals surface area contributed by atoms with Gasteiger partial charge in [-0.3, -0.25) is 0 Å². The standard InChI is InChI=1S/C12H22N2O2S/c1-3-4-5-6-9-13-12-7-10-14(11-8-12)17(2,15)16/h1,12-13H,4-11H2,2H3. The van der Waals surface area contributed by atoms with E-state index in [1.165, 1.54) is 6.26 Å². The predicted octanol–water partition coefficient (Wildman–Crippen LogP) is 0.803. The molecule has 0 amide bonds. The van der Waals surface area contributed by atoms with Gasteiger partial charge in [0.1, 0.15) is 0 Å². The third-order valence-electron chi connectivity index (χ3n) is 3.10. The summed E-state index contributed by atoms with van der Waals surface area (Å²) in [6.07, 6.45) is 11.3. The average molecular weight is 258 g/mol. The molecule has 4 nitrogen and oxygen atoms in total. The van der Waals surface area contributed by atoms with Crippen molar-refractivity contribution in [1.29, 1.82) is 0 Å². The summed E-state index contributed by atoms with van der Waals surface area (Å²) in [5.41, 5.74) is 0. The Labute approximate surface area is 105 Å². The minimum Gasteiger partial charge on any atom is -0.314 e. The van der Waals surface area contributed by atoms with Gasteiger partial charge in [0.15, 0.2) is 0 Å². The molecule has 1 saturated heterocycles. The Kier molecular flexibility index (Phi) is 5.96. The van der Waals surface area contributed by atoms with Crippen molar-refractivity contribution in [1.82, 2.24) is 9.62 Å². The first-order valence-corrected chi connectivity index (χ1v) is 8.01. The van der Waals surface area contributed by atoms with Gasteiger partial charge in [0.05, 0.1) is 6.26 Å². The highest BCUT2D eigenvalue weighted by molar-refractivity contribution is 7.88. The largest absolute Gasteiger partial charge is 0.314 e. The third kappa shape index (κ3) is 5.53. The van der Waals surface area contributed by atoms with Gasteiger partial charge >= 0.3 is 0 Å². The molecule has 1 heterocycles. The summed E-state index contributed by atoms with van der Waals surface area (Å²) in [4.78, 5) is 0. The number of hydrogen-bond acceptors (Lipinski definition) is 3. The van der Waals surface area contributed by atoms with Gasteiger partial charge in [-0.1, -0.05) is 0 Å². The first-order valence-electron chi connectivity index (χ1n) is 6.16. The molecule has 1 aliphatic rings. The van der Waals surface area contributed by atoms with Crippen LogP contribution in [0.15, 0.2) is 0 Å². The summed E-state index contributed by atoms with van der Waals surface area (Å²) >= 11 is 0. The van der Waals surface area contributed by atoms with Crippen molar-refractivity contribution >= 4 is 10.0 Å². The van der Waals surface area contributed by atoms with Gasteiger partial charge < -0.3 is 5.32 Å². The van der Waals surface area contributed by atoms with Crippen LogP contribution in [-0.4, -0.2) is 44.7 Å². The molecule has 0 aliphatic carbocycles. The monoisotopic (exact) mass is 258 g/mol. The number of sulfonamides is 1. The van der Waals surface area contributed by atoms with Gasteiger partial charge in [-0.2, -0.15) is 0 Å². The Morgan fingerprint density at radius 2 is 2.00 bits per heavy atom. The zero-order valence-corrected chi connectivity index (χ0v) is 11.3. The first kappa shape index (κ1) is 14.5. The summed E-state index contributed by atoms with van der Waals surface area (Å²) in [6.45, 7) is 2.26. The molecule has 0 aromatic rings. The van der Waals surface area contributed by atoms with E-state index in [0.29, 0.717) is 19.1 Å². The maximum absolute atomic E-state index is 11.3. The van der Waals surface area contributed by atoms with Crippen molar-refractivity contribution in [2.24, 2.45) is 0 Å². The fourth-order valence-corrected chi connectivity index (χ4v) is 2.92. The van der Waals surface area contributed by atoms with E-state index >= 15 is 0 Å². The van der Waals surface area contributed by atoms with E-state index in [2.05, 4.69) is 11.2 Å². The van der Waals surface area contributed by atoms with Gasteiger partial charge in [0, 0.05) is 25.6 Å². The molecule has 0 aromatic heterocycles. The van der Waals surface area contributed by atoms with Crippen LogP contribution in [0.25, 0.3) is 0 Å². The lowest BCUT2D eigenvalue weighted by Gasteiger charge is -2.30. The van der Waals surface area contributed by atoms with E-state index in [-0.39, 0.29) is 0 Å². The molecule has 5 heteroatoms. The molecule has 0 spiro atoms. The van der Waals surface area contributed by atoms with Gasteiger partial charge in [-0.15, -0.1) is 12.3 Å². The third-order valence-corrected chi connectivity index (χ3v) is 4.41. The summed E-state index contributed by atoms with van der Waals surface area (Å²) in [7, 11) is -3.00. The molecule has 0 aromatic carbocycles. The second kappa shape index (κ2) is 7.00. The zero-order chi connectivity index (χ0) is 12.7. The second-order valence-electron chi connectivity index (χ2n) is 4.55. The first-order chi connectivity index (χ1) is 8.04. The fourth-order valence-electron chi connectivity index (χ4n) is 2.05. The van der Waals surface area contributed by atoms with Crippen molar-refractivity contribution < 1.29 is 8.42 Å². The summed E-state index contributed by atoms with van der Waals surface area (Å²) in [6, 6.07) is 0.457. The van der Waals surface area contributed by atoms with E-state index in [1.54, 1.807) is 4.31 Å². The van der Waals surface area contributed by atoms with Crippen LogP contribution < -0.4 is 5.32 Å². The lowest BCUT2D eigenvalue weighted by Crippen LogP contribution is -2.44. The van der Waals surface area contributed by atoms with Crippen LogP contribution in [0.3, 0.4) is 0 Å². The van der Waals surface area contributed by atoms with Crippen molar-refractivity contribution in [2.45, 2.75) is 38.1 Å². The number of nitrogens with one attached hydrogen (secondary N) is 1. The zero-order valence-electron chi connectivity index (χ0n) is 10.5. The van der Waals surface area contributed by atoms with E-state index in [9.17, 15) is 8.42 Å². The van der Waals surface area contributed by atoms with E-state index in [4.69, 9.17) is 6.42 Å². The van der Waals surface area contributed by atoms with Crippen LogP contribution in [0.4, 0.5) is 0 Å². The molecular formula is C12H22N2O2S. The van der Waals surface area contributed by atoms with Crippen LogP contribution in [0.5, 0.6) is 0 Å². The van der Waals surface area contributed by atoms with Gasteiger partial charge in [-0.05, 0) is 32.2 Å². The molecular weight excluding hydrogens is 236 g/mol. The Morgan fingerprint density at radius 1 is 1.35 bits per heavy atom. The lowest BCUT2D eigenvalue weighted by molar-refractivity contribution is 0.290. The maximum atomic E-state index is 11.3. The Morgan fingerprint density at radius 3 is 2.53 bits per heavy atom. The number of unbranched alkanes of at least 4 members (excludes halogenated alkanes) is 2. The van der Waals surface area contributed by atoms with Crippen molar-refractivity contribution in [2.75, 3.05) is 25.9 Å². The smallest absolute Gasteiger partial charge is 0.211 e. The van der Waals surface area contributed by atoms with Crippen molar-refractivity contribution in [3.05, 3.63) is 0 Å². The number of terminal acetylenes is 1. The Hall–Kier alpha value is -0.570. The van der Waals surface area contributed by atoms with Gasteiger partial charge in [0.2, 0.25) is 10.0 Å². The molecule has 1 rings (SSSR count). The van der Waals surface area contributed by atoms with Crippen molar-refractivity contribution in [3.8, 4) is 12.3 Å². The second-order valence-corrected chi connectivity index (χ2v) is 6.53. The van der Waals surface area contributed by atoms with Gasteiger partial charge in [0.25, 0.3) is 0 Å². The minimum absolute atomic E-state index is 0.457. The molecule has 0 unspecified atom stereocenters. The van der Waals surface area contributed by atoms with E-state index < -0.39 is 10.0 Å². The van der Waals surface area contributed by atoms with Crippen molar-refractivity contribution in [3.63, 3.8) is 0 Å². The van der Waals surface area contributed by atoms with Crippen LogP contribution in [0.2, 0.25) is 0 Å². The highest BCUT2D eigenvalue weighted by atomic mass is 32.2. The van der Waals surface area contributed by atoms with Gasteiger partial charge in [-0.25, -0.2) is 12.7 Å². The minimum atomic E-state index is -3.00. The summed E-state index contributed by atoms with van der Waals surface area (Å²) in [5.74, 6) is 2.63. The average Bonchev–Trinajstić information content (AvgIpc) is 2.28. The highest BCUT2D eigenvalue weighted by Crippen LogP contribution is 2.13. The maximum Gasteiger partial charge on any atom is 0.211 e. The topological polar surface area (TPSA) is 49.4 Å². The molecule has 0 radical (unpaired) electrons. The van der Waals surface area contributed by atoms with E-state index in [0.717, 1.165) is 38.6 Å². The fraction of sp³-hybridized carbons (Fsp3) is 0.833. The molecule has 0 atom stereocenters. The summed E-state index contributed by atoms with van der Waals surface area (Å²) in [5, 5.41) is 3.46. The molecule has 98 valence electrons. The van der Waals surface area contributed by atoms with E-state index in [1.807, 2.05) is 0 Å². The Bertz CT molecular complexity index is 351. The highest BCUT2D eigenvalue weighted by Gasteiger charge is 2.24. The van der Waals surface area contributed by atoms with Crippen LogP contribution in [-0.2, 0) is 10.0 Å². The molecule has 17 heavy (non-hydrogen) atoms. The number of piperidine rings is 1. The van der Waals surface area contributed by atoms with Crippen LogP contribution >= 0.6 is 0 Å². The predicted molar refractivity (Wildman–Crippen MR) is 70.1 cm³/mol. The molecule has 0 bridgehead atoms. The van der Waals surface area contributed by atoms with Crippen LogP contribution in [0, 0.1) is 12.3 Å². The van der Waals surface area contributed by atoms with Crippen LogP contribution in [0.1, 0.15) is 32.1 Å². The normalized spacial score (nSPS) is 19.1. The molecule has 0 saturated carbocycles. The quantitative estimate of drug-likeness (QED) is 0.566. The SMILES string of the molecule is C#CCCCCNC1CCN(S(C)(=O)=O)CC1. The molecule has 1 N–H and O–H groups in total. The number of hydrogen-bond donors (Lipinski definition) is 1.